The number of rotatable bonds is 6. The van der Waals surface area contributed by atoms with Crippen LogP contribution in [0.5, 0.6) is 5.75 Å². The quantitative estimate of drug-likeness (QED) is 0.849. The summed E-state index contributed by atoms with van der Waals surface area (Å²) in [5.41, 5.74) is 6.38. The second-order valence-corrected chi connectivity index (χ2v) is 5.03. The molecule has 18 heavy (non-hydrogen) atoms. The van der Waals surface area contributed by atoms with Gasteiger partial charge < -0.3 is 15.2 Å². The fourth-order valence-corrected chi connectivity index (χ4v) is 1.52. The topological polar surface area (TPSA) is 44.5 Å². The summed E-state index contributed by atoms with van der Waals surface area (Å²) in [6.45, 7) is 6.27. The Hall–Kier alpha value is -1.13. The normalized spacial score (nSPS) is 13.4. The minimum Gasteiger partial charge on any atom is -0.493 e. The zero-order valence-electron chi connectivity index (χ0n) is 11.5. The lowest BCUT2D eigenvalue weighted by Gasteiger charge is -2.23. The third kappa shape index (κ3) is 4.27. The van der Waals surface area contributed by atoms with Gasteiger partial charge in [-0.05, 0) is 26.8 Å². The van der Waals surface area contributed by atoms with Gasteiger partial charge in [0.05, 0.1) is 12.2 Å². The number of hydrogen-bond donors (Lipinski definition) is 1. The first kappa shape index (κ1) is 14.9. The lowest BCUT2D eigenvalue weighted by atomic mass is 10.1. The van der Waals surface area contributed by atoms with Crippen molar-refractivity contribution in [1.29, 1.82) is 0 Å². The van der Waals surface area contributed by atoms with Crippen LogP contribution >= 0.6 is 0 Å². The van der Waals surface area contributed by atoms with Crippen molar-refractivity contribution in [2.24, 2.45) is 5.73 Å². The lowest BCUT2D eigenvalue weighted by molar-refractivity contribution is 0.00534. The van der Waals surface area contributed by atoms with E-state index >= 15 is 0 Å². The second kappa shape index (κ2) is 6.16. The maximum Gasteiger partial charge on any atom is 0.126 e. The first-order valence-corrected chi connectivity index (χ1v) is 6.09. The molecule has 0 bridgehead atoms. The molecule has 0 aromatic heterocycles. The van der Waals surface area contributed by atoms with Crippen LogP contribution in [0.1, 0.15) is 38.8 Å². The maximum atomic E-state index is 13.2. The third-order valence-electron chi connectivity index (χ3n) is 2.98. The lowest BCUT2D eigenvalue weighted by Crippen LogP contribution is -2.25. The highest BCUT2D eigenvalue weighted by atomic mass is 19.1. The van der Waals surface area contributed by atoms with E-state index in [0.29, 0.717) is 12.4 Å². The van der Waals surface area contributed by atoms with Crippen LogP contribution in [-0.4, -0.2) is 19.3 Å². The van der Waals surface area contributed by atoms with Crippen molar-refractivity contribution in [3.63, 3.8) is 0 Å². The van der Waals surface area contributed by atoms with Gasteiger partial charge in [0, 0.05) is 31.2 Å². The maximum absolute atomic E-state index is 13.2. The van der Waals surface area contributed by atoms with E-state index in [2.05, 4.69) is 0 Å². The summed E-state index contributed by atoms with van der Waals surface area (Å²) >= 11 is 0. The summed E-state index contributed by atoms with van der Waals surface area (Å²) in [5, 5.41) is 0. The number of nitrogens with two attached hydrogens (primary N) is 1. The second-order valence-electron chi connectivity index (χ2n) is 5.03. The molecule has 102 valence electrons. The smallest absolute Gasteiger partial charge is 0.126 e. The monoisotopic (exact) mass is 255 g/mol. The average Bonchev–Trinajstić information content (AvgIpc) is 2.28. The van der Waals surface area contributed by atoms with E-state index in [9.17, 15) is 4.39 Å². The first-order chi connectivity index (χ1) is 8.35. The van der Waals surface area contributed by atoms with Crippen molar-refractivity contribution in [1.82, 2.24) is 0 Å². The molecule has 1 rings (SSSR count). The molecule has 0 amide bonds. The molecule has 0 aliphatic rings. The molecular weight excluding hydrogens is 233 g/mol. The Labute approximate surface area is 108 Å². The summed E-state index contributed by atoms with van der Waals surface area (Å²) in [5.74, 6) is 0.192. The van der Waals surface area contributed by atoms with Crippen molar-refractivity contribution < 1.29 is 13.9 Å². The van der Waals surface area contributed by atoms with Crippen molar-refractivity contribution in [3.8, 4) is 5.75 Å². The predicted molar refractivity (Wildman–Crippen MR) is 70.2 cm³/mol. The molecule has 1 aromatic rings. The van der Waals surface area contributed by atoms with E-state index in [0.717, 1.165) is 12.0 Å². The fraction of sp³-hybridized carbons (Fsp3) is 0.571. The van der Waals surface area contributed by atoms with Crippen LogP contribution in [0.15, 0.2) is 18.2 Å². The summed E-state index contributed by atoms with van der Waals surface area (Å²) in [6, 6.07) is 4.25. The summed E-state index contributed by atoms with van der Waals surface area (Å²) in [7, 11) is 1.66. The minimum absolute atomic E-state index is 0.184. The molecule has 1 atom stereocenters. The molecule has 0 aliphatic carbocycles. The molecular formula is C14H22FNO2. The average molecular weight is 255 g/mol. The van der Waals surface area contributed by atoms with Crippen LogP contribution < -0.4 is 10.5 Å². The van der Waals surface area contributed by atoms with Crippen molar-refractivity contribution in [2.75, 3.05) is 13.7 Å². The number of ether oxygens (including phenoxy) is 2. The van der Waals surface area contributed by atoms with E-state index in [1.807, 2.05) is 20.8 Å². The molecule has 0 heterocycles. The van der Waals surface area contributed by atoms with Crippen LogP contribution in [0.3, 0.4) is 0 Å². The predicted octanol–water partition coefficient (Wildman–Crippen LogP) is 3.04. The molecule has 0 saturated carbocycles. The van der Waals surface area contributed by atoms with Gasteiger partial charge in [0.15, 0.2) is 0 Å². The van der Waals surface area contributed by atoms with Gasteiger partial charge in [-0.15, -0.1) is 0 Å². The molecule has 1 aromatic carbocycles. The highest BCUT2D eigenvalue weighted by Gasteiger charge is 2.17. The Morgan fingerprint density at radius 2 is 2.06 bits per heavy atom. The molecule has 0 aliphatic heterocycles. The largest absolute Gasteiger partial charge is 0.493 e. The number of benzene rings is 1. The molecule has 2 N–H and O–H groups in total. The van der Waals surface area contributed by atoms with Gasteiger partial charge in [-0.1, -0.05) is 6.07 Å². The molecule has 0 spiro atoms. The first-order valence-electron chi connectivity index (χ1n) is 6.09. The number of methoxy groups -OCH3 is 1. The molecule has 0 radical (unpaired) electrons. The third-order valence-corrected chi connectivity index (χ3v) is 2.98. The van der Waals surface area contributed by atoms with Gasteiger partial charge >= 0.3 is 0 Å². The van der Waals surface area contributed by atoms with Crippen molar-refractivity contribution >= 4 is 0 Å². The molecule has 0 saturated heterocycles. The zero-order valence-corrected chi connectivity index (χ0v) is 11.5. The summed E-state index contributed by atoms with van der Waals surface area (Å²) in [6.07, 6.45) is 0.721. The Morgan fingerprint density at radius 3 is 2.61 bits per heavy atom. The minimum atomic E-state index is -0.319. The van der Waals surface area contributed by atoms with Crippen LogP contribution in [0.4, 0.5) is 4.39 Å². The summed E-state index contributed by atoms with van der Waals surface area (Å²) in [4.78, 5) is 0. The standard InChI is InChI=1S/C14H22FNO2/c1-10(16)12-6-5-11(15)9-13(12)18-8-7-14(2,3)17-4/h5-6,9-10H,7-8,16H2,1-4H3/t10-/m1/s1. The van der Waals surface area contributed by atoms with E-state index in [4.69, 9.17) is 15.2 Å². The van der Waals surface area contributed by atoms with E-state index in [1.54, 1.807) is 13.2 Å². The van der Waals surface area contributed by atoms with Crippen LogP contribution in [-0.2, 0) is 4.74 Å². The van der Waals surface area contributed by atoms with E-state index < -0.39 is 0 Å². The number of halogens is 1. The van der Waals surface area contributed by atoms with Crippen molar-refractivity contribution in [3.05, 3.63) is 29.6 Å². The molecule has 3 nitrogen and oxygen atoms in total. The van der Waals surface area contributed by atoms with Crippen LogP contribution in [0, 0.1) is 5.82 Å². The molecule has 0 unspecified atom stereocenters. The zero-order chi connectivity index (χ0) is 13.8. The van der Waals surface area contributed by atoms with Crippen LogP contribution in [0.25, 0.3) is 0 Å². The van der Waals surface area contributed by atoms with E-state index in [1.165, 1.54) is 12.1 Å². The highest BCUT2D eigenvalue weighted by molar-refractivity contribution is 5.36. The van der Waals surface area contributed by atoms with Crippen LogP contribution in [0.2, 0.25) is 0 Å². The van der Waals surface area contributed by atoms with Gasteiger partial charge in [-0.3, -0.25) is 0 Å². The summed E-state index contributed by atoms with van der Waals surface area (Å²) < 4.78 is 24.1. The Kier molecular flexibility index (Phi) is 5.11. The van der Waals surface area contributed by atoms with Gasteiger partial charge in [0.1, 0.15) is 11.6 Å². The SMILES string of the molecule is COC(C)(C)CCOc1cc(F)ccc1[C@@H](C)N. The van der Waals surface area contributed by atoms with E-state index in [-0.39, 0.29) is 17.5 Å². The van der Waals surface area contributed by atoms with Gasteiger partial charge in [0.25, 0.3) is 0 Å². The van der Waals surface area contributed by atoms with Gasteiger partial charge in [0.2, 0.25) is 0 Å². The Balaban J connectivity index is 2.69. The Morgan fingerprint density at radius 1 is 1.39 bits per heavy atom. The fourth-order valence-electron chi connectivity index (χ4n) is 1.52. The van der Waals surface area contributed by atoms with Crippen molar-refractivity contribution in [2.45, 2.75) is 38.8 Å². The molecule has 4 heteroatoms. The highest BCUT2D eigenvalue weighted by Crippen LogP contribution is 2.25. The number of hydrogen-bond acceptors (Lipinski definition) is 3. The van der Waals surface area contributed by atoms with Gasteiger partial charge in [-0.2, -0.15) is 0 Å². The molecule has 0 fully saturated rings. The van der Waals surface area contributed by atoms with Gasteiger partial charge in [-0.25, -0.2) is 4.39 Å². The Bertz CT molecular complexity index is 391.